The predicted octanol–water partition coefficient (Wildman–Crippen LogP) is 1.79. The van der Waals surface area contributed by atoms with Crippen LogP contribution in [0.25, 0.3) is 11.0 Å². The Morgan fingerprint density at radius 2 is 2.33 bits per heavy atom. The molecule has 0 bridgehead atoms. The summed E-state index contributed by atoms with van der Waals surface area (Å²) in [6, 6.07) is 2.61. The maximum Gasteiger partial charge on any atom is 0.126 e. The minimum atomic E-state index is -0.0157. The summed E-state index contributed by atoms with van der Waals surface area (Å²) in [5.41, 5.74) is 8.06. The lowest BCUT2D eigenvalue weighted by Crippen LogP contribution is -2.12. The van der Waals surface area contributed by atoms with Crippen LogP contribution >= 0.6 is 0 Å². The van der Waals surface area contributed by atoms with Crippen LogP contribution in [0.3, 0.4) is 0 Å². The molecular formula is C11H14N4. The third kappa shape index (κ3) is 1.33. The largest absolute Gasteiger partial charge is 0.323 e. The Morgan fingerprint density at radius 3 is 3.00 bits per heavy atom. The van der Waals surface area contributed by atoms with Crippen molar-refractivity contribution in [2.75, 3.05) is 0 Å². The van der Waals surface area contributed by atoms with Crippen molar-refractivity contribution in [2.45, 2.75) is 31.8 Å². The second kappa shape index (κ2) is 3.03. The van der Waals surface area contributed by atoms with Crippen molar-refractivity contribution in [1.29, 1.82) is 0 Å². The van der Waals surface area contributed by atoms with Gasteiger partial charge in [0.25, 0.3) is 0 Å². The monoisotopic (exact) mass is 202 g/mol. The van der Waals surface area contributed by atoms with Gasteiger partial charge in [-0.1, -0.05) is 0 Å². The molecule has 2 heterocycles. The molecule has 0 spiro atoms. The smallest absolute Gasteiger partial charge is 0.126 e. The maximum atomic E-state index is 5.94. The molecule has 15 heavy (non-hydrogen) atoms. The number of fused-ring (bicyclic) bond motifs is 1. The lowest BCUT2D eigenvalue weighted by atomic mass is 10.3. The molecule has 2 N–H and O–H groups in total. The van der Waals surface area contributed by atoms with Gasteiger partial charge in [0.05, 0.1) is 17.8 Å². The highest BCUT2D eigenvalue weighted by Crippen LogP contribution is 2.39. The van der Waals surface area contributed by atoms with Gasteiger partial charge in [0.1, 0.15) is 11.3 Å². The third-order valence-corrected chi connectivity index (χ3v) is 2.84. The molecule has 1 aliphatic rings. The van der Waals surface area contributed by atoms with E-state index < -0.39 is 0 Å². The minimum Gasteiger partial charge on any atom is -0.323 e. The SMILES string of the molecule is C[C@H](N)c1nc2cnccc2n1C1CC1. The van der Waals surface area contributed by atoms with Crippen LogP contribution in [0.5, 0.6) is 0 Å². The van der Waals surface area contributed by atoms with Crippen LogP contribution in [0, 0.1) is 0 Å². The first-order valence-corrected chi connectivity index (χ1v) is 5.35. The van der Waals surface area contributed by atoms with Gasteiger partial charge in [-0.05, 0) is 25.8 Å². The average molecular weight is 202 g/mol. The van der Waals surface area contributed by atoms with Crippen LogP contribution in [0.2, 0.25) is 0 Å². The fraction of sp³-hybridized carbons (Fsp3) is 0.455. The highest BCUT2D eigenvalue weighted by atomic mass is 15.1. The summed E-state index contributed by atoms with van der Waals surface area (Å²) in [6.45, 7) is 1.98. The summed E-state index contributed by atoms with van der Waals surface area (Å²) < 4.78 is 2.28. The molecule has 1 saturated carbocycles. The van der Waals surface area contributed by atoms with Crippen molar-refractivity contribution in [1.82, 2.24) is 14.5 Å². The molecule has 1 atom stereocenters. The molecule has 4 nitrogen and oxygen atoms in total. The van der Waals surface area contributed by atoms with Crippen molar-refractivity contribution in [3.05, 3.63) is 24.3 Å². The fourth-order valence-corrected chi connectivity index (χ4v) is 2.01. The second-order valence-electron chi connectivity index (χ2n) is 4.22. The molecule has 0 saturated heterocycles. The van der Waals surface area contributed by atoms with Gasteiger partial charge in [-0.3, -0.25) is 4.98 Å². The number of imidazole rings is 1. The Balaban J connectivity index is 2.28. The molecule has 0 unspecified atom stereocenters. The van der Waals surface area contributed by atoms with Crippen molar-refractivity contribution in [3.8, 4) is 0 Å². The van der Waals surface area contributed by atoms with E-state index >= 15 is 0 Å². The summed E-state index contributed by atoms with van der Waals surface area (Å²) in [7, 11) is 0. The van der Waals surface area contributed by atoms with Crippen molar-refractivity contribution in [2.24, 2.45) is 5.73 Å². The van der Waals surface area contributed by atoms with Gasteiger partial charge in [0.15, 0.2) is 0 Å². The molecule has 78 valence electrons. The standard InChI is InChI=1S/C11H14N4/c1-7(12)11-14-9-6-13-5-4-10(9)15(11)8-2-3-8/h4-8H,2-3,12H2,1H3/t7-/m0/s1. The molecule has 3 rings (SSSR count). The van der Waals surface area contributed by atoms with Crippen molar-refractivity contribution < 1.29 is 0 Å². The molecule has 0 amide bonds. The number of hydrogen-bond acceptors (Lipinski definition) is 3. The lowest BCUT2D eigenvalue weighted by Gasteiger charge is -2.09. The van der Waals surface area contributed by atoms with E-state index in [0.717, 1.165) is 11.3 Å². The molecule has 1 fully saturated rings. The van der Waals surface area contributed by atoms with E-state index in [2.05, 4.69) is 14.5 Å². The molecule has 2 aromatic heterocycles. The first-order chi connectivity index (χ1) is 7.27. The van der Waals surface area contributed by atoms with E-state index in [4.69, 9.17) is 5.73 Å². The molecule has 0 aromatic carbocycles. The zero-order valence-corrected chi connectivity index (χ0v) is 8.72. The van der Waals surface area contributed by atoms with Crippen LogP contribution in [-0.2, 0) is 0 Å². The third-order valence-electron chi connectivity index (χ3n) is 2.84. The van der Waals surface area contributed by atoms with Gasteiger partial charge < -0.3 is 10.3 Å². The van der Waals surface area contributed by atoms with Crippen molar-refractivity contribution >= 4 is 11.0 Å². The molecule has 2 aromatic rings. The highest BCUT2D eigenvalue weighted by molar-refractivity contribution is 5.75. The van der Waals surface area contributed by atoms with Crippen molar-refractivity contribution in [3.63, 3.8) is 0 Å². The Labute approximate surface area is 88.1 Å². The van der Waals surface area contributed by atoms with E-state index in [1.165, 1.54) is 18.4 Å². The van der Waals surface area contributed by atoms with E-state index in [1.54, 1.807) is 6.20 Å². The Bertz CT molecular complexity index is 496. The second-order valence-corrected chi connectivity index (χ2v) is 4.22. The Hall–Kier alpha value is -1.42. The first kappa shape index (κ1) is 8.85. The highest BCUT2D eigenvalue weighted by Gasteiger charge is 2.28. The van der Waals surface area contributed by atoms with Gasteiger partial charge >= 0.3 is 0 Å². The Morgan fingerprint density at radius 1 is 1.53 bits per heavy atom. The number of hydrogen-bond donors (Lipinski definition) is 1. The van der Waals surface area contributed by atoms with Gasteiger partial charge in [-0.25, -0.2) is 4.98 Å². The number of nitrogens with two attached hydrogens (primary N) is 1. The molecule has 1 aliphatic carbocycles. The molecule has 0 radical (unpaired) electrons. The first-order valence-electron chi connectivity index (χ1n) is 5.35. The quantitative estimate of drug-likeness (QED) is 0.807. The minimum absolute atomic E-state index is 0.0157. The van der Waals surface area contributed by atoms with Crippen LogP contribution in [0.1, 0.15) is 37.7 Å². The number of nitrogens with zero attached hydrogens (tertiary/aromatic N) is 3. The molecule has 4 heteroatoms. The number of aromatic nitrogens is 3. The van der Waals surface area contributed by atoms with Gasteiger partial charge in [0.2, 0.25) is 0 Å². The van der Waals surface area contributed by atoms with Gasteiger partial charge in [-0.2, -0.15) is 0 Å². The van der Waals surface area contributed by atoms with Gasteiger partial charge in [0, 0.05) is 12.2 Å². The van der Waals surface area contributed by atoms with E-state index in [-0.39, 0.29) is 6.04 Å². The van der Waals surface area contributed by atoms with Gasteiger partial charge in [-0.15, -0.1) is 0 Å². The fourth-order valence-electron chi connectivity index (χ4n) is 2.01. The topological polar surface area (TPSA) is 56.7 Å². The number of rotatable bonds is 2. The van der Waals surface area contributed by atoms with Crippen LogP contribution in [0.4, 0.5) is 0 Å². The maximum absolute atomic E-state index is 5.94. The van der Waals surface area contributed by atoms with E-state index in [9.17, 15) is 0 Å². The van der Waals surface area contributed by atoms with E-state index in [0.29, 0.717) is 6.04 Å². The average Bonchev–Trinajstić information content (AvgIpc) is 2.98. The summed E-state index contributed by atoms with van der Waals surface area (Å²) in [5, 5.41) is 0. The Kier molecular flexibility index (Phi) is 1.79. The number of pyridine rings is 1. The zero-order chi connectivity index (χ0) is 10.4. The zero-order valence-electron chi connectivity index (χ0n) is 8.72. The van der Waals surface area contributed by atoms with Crippen LogP contribution in [0.15, 0.2) is 18.5 Å². The predicted molar refractivity (Wildman–Crippen MR) is 58.4 cm³/mol. The molecular weight excluding hydrogens is 188 g/mol. The lowest BCUT2D eigenvalue weighted by molar-refractivity contribution is 0.639. The molecule has 0 aliphatic heterocycles. The van der Waals surface area contributed by atoms with E-state index in [1.807, 2.05) is 19.2 Å². The summed E-state index contributed by atoms with van der Waals surface area (Å²) in [4.78, 5) is 8.64. The summed E-state index contributed by atoms with van der Waals surface area (Å²) >= 11 is 0. The van der Waals surface area contributed by atoms with Crippen LogP contribution in [-0.4, -0.2) is 14.5 Å². The summed E-state index contributed by atoms with van der Waals surface area (Å²) in [5.74, 6) is 0.987. The normalized spacial score (nSPS) is 18.3. The van der Waals surface area contributed by atoms with Crippen LogP contribution < -0.4 is 5.73 Å². The summed E-state index contributed by atoms with van der Waals surface area (Å²) in [6.07, 6.45) is 6.11.